The summed E-state index contributed by atoms with van der Waals surface area (Å²) in [5.41, 5.74) is 1.09. The summed E-state index contributed by atoms with van der Waals surface area (Å²) in [5.74, 6) is 1.69. The van der Waals surface area contributed by atoms with Crippen LogP contribution in [0.3, 0.4) is 0 Å². The van der Waals surface area contributed by atoms with Gasteiger partial charge in [0.1, 0.15) is 11.5 Å². The van der Waals surface area contributed by atoms with Crippen molar-refractivity contribution in [2.24, 2.45) is 0 Å². The minimum absolute atomic E-state index is 0.840. The Morgan fingerprint density at radius 1 is 0.667 bits per heavy atom. The van der Waals surface area contributed by atoms with Crippen LogP contribution in [-0.2, 0) is 0 Å². The van der Waals surface area contributed by atoms with Gasteiger partial charge in [-0.05, 0) is 36.4 Å². The maximum Gasteiger partial charge on any atom is 0.129 e. The number of hydrogen-bond donors (Lipinski definition) is 0. The highest BCUT2D eigenvalue weighted by Gasteiger charge is 1.99. The molecule has 0 N–H and O–H groups in total. The van der Waals surface area contributed by atoms with Gasteiger partial charge in [-0.25, -0.2) is 0 Å². The molecule has 0 aliphatic rings. The Hall–Kier alpha value is -2.48. The van der Waals surface area contributed by atoms with E-state index in [1.165, 1.54) is 0 Å². The maximum atomic E-state index is 5.80. The minimum atomic E-state index is 0.840. The van der Waals surface area contributed by atoms with Crippen molar-refractivity contribution in [1.29, 1.82) is 0 Å². The third kappa shape index (κ3) is 2.28. The number of rotatable bonds is 3. The molecule has 2 aromatic carbocycles. The Morgan fingerprint density at radius 2 is 1.39 bits per heavy atom. The fourth-order valence-corrected chi connectivity index (χ4v) is 1.84. The summed E-state index contributed by atoms with van der Waals surface area (Å²) in [6.45, 7) is 0. The number of benzene rings is 2. The Morgan fingerprint density at radius 3 is 2.17 bits per heavy atom. The van der Waals surface area contributed by atoms with E-state index in [0.29, 0.717) is 0 Å². The van der Waals surface area contributed by atoms with E-state index in [2.05, 4.69) is 10.6 Å². The molecular weight excluding hydrogens is 222 g/mol. The van der Waals surface area contributed by atoms with E-state index >= 15 is 0 Å². The van der Waals surface area contributed by atoms with Crippen LogP contribution >= 0.6 is 0 Å². The molecule has 0 spiro atoms. The van der Waals surface area contributed by atoms with E-state index in [9.17, 15) is 0 Å². The molecule has 0 unspecified atom stereocenters. The SMILES string of the molecule is c1ccc(Oc2cccc(-n3cccc3)c2)cc1. The molecule has 1 aromatic heterocycles. The molecule has 0 fully saturated rings. The third-order valence-corrected chi connectivity index (χ3v) is 2.70. The van der Waals surface area contributed by atoms with E-state index in [1.807, 2.05) is 73.1 Å². The van der Waals surface area contributed by atoms with Crippen LogP contribution in [0, 0.1) is 0 Å². The Balaban J connectivity index is 1.88. The monoisotopic (exact) mass is 235 g/mol. The van der Waals surface area contributed by atoms with E-state index in [-0.39, 0.29) is 0 Å². The van der Waals surface area contributed by atoms with Gasteiger partial charge in [0, 0.05) is 24.1 Å². The Bertz CT molecular complexity index is 615. The molecule has 3 rings (SSSR count). The molecule has 18 heavy (non-hydrogen) atoms. The van der Waals surface area contributed by atoms with Gasteiger partial charge in [-0.2, -0.15) is 0 Å². The maximum absolute atomic E-state index is 5.80. The highest BCUT2D eigenvalue weighted by atomic mass is 16.5. The average Bonchev–Trinajstić information content (AvgIpc) is 2.94. The lowest BCUT2D eigenvalue weighted by Gasteiger charge is -2.08. The molecule has 0 bridgehead atoms. The normalized spacial score (nSPS) is 10.2. The summed E-state index contributed by atoms with van der Waals surface area (Å²) in [5, 5.41) is 0. The van der Waals surface area contributed by atoms with Crippen molar-refractivity contribution in [3.8, 4) is 17.2 Å². The summed E-state index contributed by atoms with van der Waals surface area (Å²) in [4.78, 5) is 0. The average molecular weight is 235 g/mol. The number of hydrogen-bond acceptors (Lipinski definition) is 1. The van der Waals surface area contributed by atoms with Gasteiger partial charge < -0.3 is 9.30 Å². The Kier molecular flexibility index (Phi) is 2.84. The zero-order valence-corrected chi connectivity index (χ0v) is 9.86. The van der Waals surface area contributed by atoms with Crippen molar-refractivity contribution >= 4 is 0 Å². The molecule has 0 atom stereocenters. The summed E-state index contributed by atoms with van der Waals surface area (Å²) < 4.78 is 7.86. The van der Waals surface area contributed by atoms with Crippen LogP contribution in [0.1, 0.15) is 0 Å². The molecule has 88 valence electrons. The molecule has 0 aliphatic carbocycles. The summed E-state index contributed by atoms with van der Waals surface area (Å²) >= 11 is 0. The predicted octanol–water partition coefficient (Wildman–Crippen LogP) is 4.27. The highest BCUT2D eigenvalue weighted by molar-refractivity contribution is 5.41. The van der Waals surface area contributed by atoms with Gasteiger partial charge in [-0.3, -0.25) is 0 Å². The van der Waals surface area contributed by atoms with Crippen LogP contribution in [0.5, 0.6) is 11.5 Å². The van der Waals surface area contributed by atoms with Gasteiger partial charge in [-0.1, -0.05) is 24.3 Å². The van der Waals surface area contributed by atoms with Gasteiger partial charge in [0.25, 0.3) is 0 Å². The van der Waals surface area contributed by atoms with Crippen molar-refractivity contribution in [1.82, 2.24) is 4.57 Å². The molecule has 2 heteroatoms. The molecular formula is C16H13NO. The number of para-hydroxylation sites is 1. The first-order valence-corrected chi connectivity index (χ1v) is 5.88. The first kappa shape index (κ1) is 10.7. The molecule has 2 nitrogen and oxygen atoms in total. The van der Waals surface area contributed by atoms with Crippen molar-refractivity contribution in [2.75, 3.05) is 0 Å². The van der Waals surface area contributed by atoms with Crippen molar-refractivity contribution in [2.45, 2.75) is 0 Å². The first-order chi connectivity index (χ1) is 8.92. The van der Waals surface area contributed by atoms with Crippen molar-refractivity contribution in [3.05, 3.63) is 79.1 Å². The van der Waals surface area contributed by atoms with Gasteiger partial charge in [0.15, 0.2) is 0 Å². The van der Waals surface area contributed by atoms with E-state index in [1.54, 1.807) is 0 Å². The van der Waals surface area contributed by atoms with Gasteiger partial charge >= 0.3 is 0 Å². The smallest absolute Gasteiger partial charge is 0.129 e. The molecule has 0 saturated carbocycles. The minimum Gasteiger partial charge on any atom is -0.457 e. The molecule has 0 saturated heterocycles. The second kappa shape index (κ2) is 4.80. The van der Waals surface area contributed by atoms with Crippen molar-refractivity contribution in [3.63, 3.8) is 0 Å². The zero-order valence-electron chi connectivity index (χ0n) is 9.86. The highest BCUT2D eigenvalue weighted by Crippen LogP contribution is 2.23. The van der Waals surface area contributed by atoms with Crippen LogP contribution in [0.4, 0.5) is 0 Å². The third-order valence-electron chi connectivity index (χ3n) is 2.70. The summed E-state index contributed by atoms with van der Waals surface area (Å²) in [6, 6.07) is 21.8. The predicted molar refractivity (Wildman–Crippen MR) is 72.3 cm³/mol. The second-order valence-corrected chi connectivity index (χ2v) is 4.00. The van der Waals surface area contributed by atoms with Crippen molar-refractivity contribution < 1.29 is 4.74 Å². The van der Waals surface area contributed by atoms with Crippen LogP contribution in [0.25, 0.3) is 5.69 Å². The van der Waals surface area contributed by atoms with E-state index in [0.717, 1.165) is 17.2 Å². The summed E-state index contributed by atoms with van der Waals surface area (Å²) in [6.07, 6.45) is 4.03. The van der Waals surface area contributed by atoms with Crippen LogP contribution in [-0.4, -0.2) is 4.57 Å². The fraction of sp³-hybridized carbons (Fsp3) is 0. The van der Waals surface area contributed by atoms with Crippen LogP contribution in [0.15, 0.2) is 79.1 Å². The lowest BCUT2D eigenvalue weighted by molar-refractivity contribution is 0.482. The van der Waals surface area contributed by atoms with Crippen LogP contribution in [0.2, 0.25) is 0 Å². The molecule has 0 radical (unpaired) electrons. The number of ether oxygens (including phenoxy) is 1. The van der Waals surface area contributed by atoms with Gasteiger partial charge in [0.05, 0.1) is 0 Å². The second-order valence-electron chi connectivity index (χ2n) is 4.00. The molecule has 0 amide bonds. The van der Waals surface area contributed by atoms with E-state index in [4.69, 9.17) is 4.74 Å². The summed E-state index contributed by atoms with van der Waals surface area (Å²) in [7, 11) is 0. The van der Waals surface area contributed by atoms with Crippen LogP contribution < -0.4 is 4.74 Å². The fourth-order valence-electron chi connectivity index (χ4n) is 1.84. The zero-order chi connectivity index (χ0) is 12.2. The standard InChI is InChI=1S/C16H13NO/c1-2-8-15(9-3-1)18-16-10-6-7-14(13-16)17-11-4-5-12-17/h1-13H. The molecule has 3 aromatic rings. The van der Waals surface area contributed by atoms with Gasteiger partial charge in [-0.15, -0.1) is 0 Å². The largest absolute Gasteiger partial charge is 0.457 e. The Labute approximate surface area is 106 Å². The topological polar surface area (TPSA) is 14.2 Å². The molecule has 1 heterocycles. The van der Waals surface area contributed by atoms with E-state index < -0.39 is 0 Å². The lowest BCUT2D eigenvalue weighted by atomic mass is 10.3. The number of aromatic nitrogens is 1. The number of nitrogens with zero attached hydrogens (tertiary/aromatic N) is 1. The van der Waals surface area contributed by atoms with Gasteiger partial charge in [0.2, 0.25) is 0 Å². The first-order valence-electron chi connectivity index (χ1n) is 5.88. The molecule has 0 aliphatic heterocycles. The quantitative estimate of drug-likeness (QED) is 0.661. The lowest BCUT2D eigenvalue weighted by Crippen LogP contribution is -1.90.